The van der Waals surface area contributed by atoms with E-state index < -0.39 is 24.3 Å². The Balaban J connectivity index is 5.02. The van der Waals surface area contributed by atoms with Crippen molar-refractivity contribution in [3.63, 3.8) is 0 Å². The molecule has 0 heterocycles. The quantitative estimate of drug-likeness (QED) is 0.641. The summed E-state index contributed by atoms with van der Waals surface area (Å²) in [5.74, 6) is -3.17. The van der Waals surface area contributed by atoms with Crippen LogP contribution in [0.3, 0.4) is 0 Å². The molecular formula is C9H13NO5. The highest BCUT2D eigenvalue weighted by Crippen LogP contribution is 2.10. The van der Waals surface area contributed by atoms with Crippen molar-refractivity contribution >= 4 is 17.8 Å². The van der Waals surface area contributed by atoms with Gasteiger partial charge in [-0.1, -0.05) is 0 Å². The second-order valence-corrected chi connectivity index (χ2v) is 3.18. The minimum atomic E-state index is -1.38. The number of carboxylic acids is 2. The summed E-state index contributed by atoms with van der Waals surface area (Å²) in [7, 11) is 2.94. The molecule has 0 aliphatic heterocycles. The highest BCUT2D eigenvalue weighted by Gasteiger charge is 2.20. The van der Waals surface area contributed by atoms with Gasteiger partial charge in [-0.3, -0.25) is 4.79 Å². The van der Waals surface area contributed by atoms with Gasteiger partial charge in [0.2, 0.25) is 5.91 Å². The largest absolute Gasteiger partial charge is 0.478 e. The molecule has 0 fully saturated rings. The van der Waals surface area contributed by atoms with Gasteiger partial charge in [0.15, 0.2) is 0 Å². The van der Waals surface area contributed by atoms with E-state index in [2.05, 4.69) is 0 Å². The Bertz CT molecular complexity index is 329. The minimum Gasteiger partial charge on any atom is -0.478 e. The van der Waals surface area contributed by atoms with E-state index in [0.717, 1.165) is 6.92 Å². The summed E-state index contributed by atoms with van der Waals surface area (Å²) in [6.07, 6.45) is -0.416. The highest BCUT2D eigenvalue weighted by molar-refractivity contribution is 6.01. The molecule has 15 heavy (non-hydrogen) atoms. The molecule has 0 aromatic heterocycles. The second kappa shape index (κ2) is 5.14. The Labute approximate surface area is 86.8 Å². The molecule has 0 spiro atoms. The summed E-state index contributed by atoms with van der Waals surface area (Å²) in [6.45, 7) is 1.16. The number of amides is 1. The van der Waals surface area contributed by atoms with E-state index in [9.17, 15) is 14.4 Å². The zero-order valence-corrected chi connectivity index (χ0v) is 8.77. The molecule has 0 saturated heterocycles. The standard InChI is InChI=1S/C9H13NO5/c1-5(8(12)13)6(9(14)15)4-7(11)10(2)3/h4H2,1-3H3,(H,12,13)(H,14,15)/b6-5+. The van der Waals surface area contributed by atoms with Crippen LogP contribution in [0.2, 0.25) is 0 Å². The van der Waals surface area contributed by atoms with Crippen LogP contribution in [0.25, 0.3) is 0 Å². The molecular weight excluding hydrogens is 202 g/mol. The molecule has 0 radical (unpaired) electrons. The van der Waals surface area contributed by atoms with Crippen molar-refractivity contribution in [1.82, 2.24) is 4.90 Å². The molecule has 0 rings (SSSR count). The summed E-state index contributed by atoms with van der Waals surface area (Å²) in [4.78, 5) is 33.7. The number of rotatable bonds is 4. The lowest BCUT2D eigenvalue weighted by Crippen LogP contribution is -2.24. The van der Waals surface area contributed by atoms with Gasteiger partial charge in [-0.25, -0.2) is 9.59 Å². The molecule has 0 aliphatic carbocycles. The van der Waals surface area contributed by atoms with Crippen LogP contribution in [-0.4, -0.2) is 47.1 Å². The molecule has 0 bridgehead atoms. The van der Waals surface area contributed by atoms with Crippen LogP contribution in [0.1, 0.15) is 13.3 Å². The third-order valence-electron chi connectivity index (χ3n) is 1.86. The summed E-state index contributed by atoms with van der Waals surface area (Å²) in [5, 5.41) is 17.3. The SMILES string of the molecule is C/C(C(=O)O)=C(/CC(=O)N(C)C)C(=O)O. The van der Waals surface area contributed by atoms with E-state index in [-0.39, 0.29) is 11.1 Å². The number of carbonyl (C=O) groups excluding carboxylic acids is 1. The van der Waals surface area contributed by atoms with Crippen LogP contribution in [0.15, 0.2) is 11.1 Å². The first-order valence-corrected chi connectivity index (χ1v) is 4.13. The van der Waals surface area contributed by atoms with Crippen molar-refractivity contribution < 1.29 is 24.6 Å². The Kier molecular flexibility index (Phi) is 4.50. The maximum Gasteiger partial charge on any atom is 0.332 e. The molecule has 0 saturated carbocycles. The number of hydrogen-bond acceptors (Lipinski definition) is 3. The third kappa shape index (κ3) is 3.80. The Morgan fingerprint density at radius 2 is 1.53 bits per heavy atom. The predicted octanol–water partition coefficient (Wildman–Crippen LogP) is -0.0496. The summed E-state index contributed by atoms with van der Waals surface area (Å²) >= 11 is 0. The van der Waals surface area contributed by atoms with Crippen LogP contribution in [0.4, 0.5) is 0 Å². The molecule has 1 amide bonds. The zero-order valence-electron chi connectivity index (χ0n) is 8.77. The molecule has 2 N–H and O–H groups in total. The van der Waals surface area contributed by atoms with E-state index in [0.29, 0.717) is 0 Å². The van der Waals surface area contributed by atoms with Crippen LogP contribution >= 0.6 is 0 Å². The first-order chi connectivity index (χ1) is 6.77. The molecule has 0 atom stereocenters. The molecule has 0 aromatic carbocycles. The molecule has 0 aliphatic rings. The van der Waals surface area contributed by atoms with Gasteiger partial charge in [0.05, 0.1) is 12.0 Å². The molecule has 0 aromatic rings. The van der Waals surface area contributed by atoms with Crippen LogP contribution in [0, 0.1) is 0 Å². The fourth-order valence-electron chi connectivity index (χ4n) is 0.807. The number of nitrogens with zero attached hydrogens (tertiary/aromatic N) is 1. The molecule has 6 heteroatoms. The van der Waals surface area contributed by atoms with Crippen molar-refractivity contribution in [1.29, 1.82) is 0 Å². The molecule has 0 unspecified atom stereocenters. The van der Waals surface area contributed by atoms with Gasteiger partial charge in [-0.15, -0.1) is 0 Å². The Morgan fingerprint density at radius 1 is 1.07 bits per heavy atom. The predicted molar refractivity (Wildman–Crippen MR) is 51.3 cm³/mol. The van der Waals surface area contributed by atoms with E-state index in [1.54, 1.807) is 0 Å². The van der Waals surface area contributed by atoms with E-state index in [1.165, 1.54) is 19.0 Å². The van der Waals surface area contributed by atoms with Crippen molar-refractivity contribution in [3.8, 4) is 0 Å². The minimum absolute atomic E-state index is 0.322. The van der Waals surface area contributed by atoms with Gasteiger partial charge in [0.1, 0.15) is 0 Å². The maximum atomic E-state index is 11.2. The molecule has 84 valence electrons. The van der Waals surface area contributed by atoms with E-state index >= 15 is 0 Å². The van der Waals surface area contributed by atoms with Crippen molar-refractivity contribution in [2.75, 3.05) is 14.1 Å². The average molecular weight is 215 g/mol. The van der Waals surface area contributed by atoms with E-state index in [1.807, 2.05) is 0 Å². The average Bonchev–Trinajstić information content (AvgIpc) is 2.11. The molecule has 6 nitrogen and oxygen atoms in total. The third-order valence-corrected chi connectivity index (χ3v) is 1.86. The fraction of sp³-hybridized carbons (Fsp3) is 0.444. The first-order valence-electron chi connectivity index (χ1n) is 4.13. The maximum absolute atomic E-state index is 11.2. The van der Waals surface area contributed by atoms with Gasteiger partial charge < -0.3 is 15.1 Å². The van der Waals surface area contributed by atoms with Crippen LogP contribution in [-0.2, 0) is 14.4 Å². The van der Waals surface area contributed by atoms with Crippen molar-refractivity contribution in [3.05, 3.63) is 11.1 Å². The Hall–Kier alpha value is -1.85. The fourth-order valence-corrected chi connectivity index (χ4v) is 0.807. The lowest BCUT2D eigenvalue weighted by atomic mass is 10.1. The number of carbonyl (C=O) groups is 3. The second-order valence-electron chi connectivity index (χ2n) is 3.18. The van der Waals surface area contributed by atoms with Gasteiger partial charge in [-0.05, 0) is 6.92 Å². The van der Waals surface area contributed by atoms with Gasteiger partial charge >= 0.3 is 11.9 Å². The zero-order chi connectivity index (χ0) is 12.2. The lowest BCUT2D eigenvalue weighted by Gasteiger charge is -2.11. The summed E-state index contributed by atoms with van der Waals surface area (Å²) in [5.41, 5.74) is -0.709. The van der Waals surface area contributed by atoms with Gasteiger partial charge in [-0.2, -0.15) is 0 Å². The topological polar surface area (TPSA) is 94.9 Å². The van der Waals surface area contributed by atoms with Crippen LogP contribution < -0.4 is 0 Å². The number of aliphatic carboxylic acids is 2. The smallest absolute Gasteiger partial charge is 0.332 e. The first kappa shape index (κ1) is 13.2. The van der Waals surface area contributed by atoms with Crippen LogP contribution in [0.5, 0.6) is 0 Å². The van der Waals surface area contributed by atoms with Gasteiger partial charge in [0.25, 0.3) is 0 Å². The summed E-state index contributed by atoms with van der Waals surface area (Å²) in [6, 6.07) is 0. The normalized spacial score (nSPS) is 11.7. The van der Waals surface area contributed by atoms with Crippen molar-refractivity contribution in [2.24, 2.45) is 0 Å². The van der Waals surface area contributed by atoms with Crippen molar-refractivity contribution in [2.45, 2.75) is 13.3 Å². The monoisotopic (exact) mass is 215 g/mol. The highest BCUT2D eigenvalue weighted by atomic mass is 16.4. The van der Waals surface area contributed by atoms with Gasteiger partial charge in [0, 0.05) is 19.7 Å². The Morgan fingerprint density at radius 3 is 1.80 bits per heavy atom. The van der Waals surface area contributed by atoms with E-state index in [4.69, 9.17) is 10.2 Å². The lowest BCUT2D eigenvalue weighted by molar-refractivity contribution is -0.137. The number of hydrogen-bond donors (Lipinski definition) is 2. The number of carboxylic acid groups (broad SMARTS) is 2. The summed E-state index contributed by atoms with van der Waals surface area (Å²) < 4.78 is 0.